The van der Waals surface area contributed by atoms with Gasteiger partial charge in [0.25, 0.3) is 0 Å². The predicted molar refractivity (Wildman–Crippen MR) is 173 cm³/mol. The minimum atomic E-state index is 0.460. The number of fused-ring (bicyclic) bond motifs is 1. The van der Waals surface area contributed by atoms with E-state index < -0.39 is 0 Å². The Labute approximate surface area is 248 Å². The summed E-state index contributed by atoms with van der Waals surface area (Å²) in [6.45, 7) is 23.9. The van der Waals surface area contributed by atoms with Crippen LogP contribution in [0, 0.1) is 26.2 Å². The highest BCUT2D eigenvalue weighted by Gasteiger charge is 2.37. The molecular formula is C32H51Cl2N5. The molecule has 3 heterocycles. The smallest absolute Gasteiger partial charge is 0.157 e. The Kier molecular flexibility index (Phi) is 15.1. The summed E-state index contributed by atoms with van der Waals surface area (Å²) >= 11 is 12.4. The molecule has 1 saturated heterocycles. The number of hydrogen-bond acceptors (Lipinski definition) is 4. The molecule has 1 saturated carbocycles. The maximum atomic E-state index is 6.19. The topological polar surface area (TPSA) is 46.8 Å². The highest BCUT2D eigenvalue weighted by atomic mass is 35.5. The lowest BCUT2D eigenvalue weighted by Gasteiger charge is -2.40. The summed E-state index contributed by atoms with van der Waals surface area (Å²) in [5.41, 5.74) is 5.44. The Morgan fingerprint density at radius 3 is 1.97 bits per heavy atom. The van der Waals surface area contributed by atoms with E-state index in [9.17, 15) is 0 Å². The lowest BCUT2D eigenvalue weighted by Crippen LogP contribution is -2.39. The third-order valence-corrected chi connectivity index (χ3v) is 8.19. The van der Waals surface area contributed by atoms with Gasteiger partial charge in [0.15, 0.2) is 11.0 Å². The average molecular weight is 577 g/mol. The molecule has 218 valence electrons. The minimum absolute atomic E-state index is 0.460. The Balaban J connectivity index is 0.000000347. The van der Waals surface area contributed by atoms with Crippen LogP contribution in [0.3, 0.4) is 0 Å². The third kappa shape index (κ3) is 8.44. The van der Waals surface area contributed by atoms with E-state index in [2.05, 4.69) is 26.5 Å². The van der Waals surface area contributed by atoms with Crippen molar-refractivity contribution in [2.24, 2.45) is 12.5 Å². The van der Waals surface area contributed by atoms with Gasteiger partial charge in [0.1, 0.15) is 5.69 Å². The maximum Gasteiger partial charge on any atom is 0.157 e. The highest BCUT2D eigenvalue weighted by molar-refractivity contribution is 6.36. The van der Waals surface area contributed by atoms with Gasteiger partial charge in [-0.2, -0.15) is 5.10 Å². The van der Waals surface area contributed by atoms with Crippen molar-refractivity contribution in [3.05, 3.63) is 51.5 Å². The van der Waals surface area contributed by atoms with Gasteiger partial charge >= 0.3 is 0 Å². The predicted octanol–water partition coefficient (Wildman–Crippen LogP) is 10.2. The van der Waals surface area contributed by atoms with Crippen molar-refractivity contribution in [3.63, 3.8) is 0 Å². The standard InChI is InChI=1S/C16H22ClN3.C10H11ClN2.3C2H6/c1-3-13-14(17)19-15(12(2)18-13)20-10-8-16(9-11-20)6-4-5-7-16;1-6-4-5-8-9(10(6)11)7(2)13(3)12-8;3*1-2/h3H,1,4-11H2,2H3;4-5H,1-3H3;3*1-2H3. The van der Waals surface area contributed by atoms with E-state index in [1.807, 2.05) is 86.2 Å². The van der Waals surface area contributed by atoms with Gasteiger partial charge in [0.05, 0.1) is 16.2 Å². The summed E-state index contributed by atoms with van der Waals surface area (Å²) in [7, 11) is 1.93. The van der Waals surface area contributed by atoms with Crippen LogP contribution in [0.2, 0.25) is 10.2 Å². The number of hydrogen-bond donors (Lipinski definition) is 0. The molecule has 0 N–H and O–H groups in total. The Bertz CT molecular complexity index is 1170. The van der Waals surface area contributed by atoms with Crippen molar-refractivity contribution in [3.8, 4) is 0 Å². The molecule has 0 bridgehead atoms. The molecule has 0 unspecified atom stereocenters. The second-order valence-electron chi connectivity index (χ2n) is 9.51. The van der Waals surface area contributed by atoms with Crippen LogP contribution in [0.4, 0.5) is 5.82 Å². The van der Waals surface area contributed by atoms with Crippen molar-refractivity contribution < 1.29 is 0 Å². The summed E-state index contributed by atoms with van der Waals surface area (Å²) in [5.74, 6) is 0.952. The van der Waals surface area contributed by atoms with Gasteiger partial charge in [-0.25, -0.2) is 9.97 Å². The number of aryl methyl sites for hydroxylation is 4. The van der Waals surface area contributed by atoms with Gasteiger partial charge in [0.2, 0.25) is 0 Å². The first-order valence-corrected chi connectivity index (χ1v) is 15.5. The van der Waals surface area contributed by atoms with E-state index in [1.165, 1.54) is 38.5 Å². The molecule has 0 atom stereocenters. The molecule has 1 aliphatic heterocycles. The van der Waals surface area contributed by atoms with Crippen LogP contribution in [0.25, 0.3) is 17.0 Å². The summed E-state index contributed by atoms with van der Waals surface area (Å²) in [5, 5.41) is 6.70. The number of nitrogens with zero attached hydrogens (tertiary/aromatic N) is 5. The first-order chi connectivity index (χ1) is 18.7. The van der Waals surface area contributed by atoms with Crippen LogP contribution in [0.15, 0.2) is 18.7 Å². The van der Waals surface area contributed by atoms with Crippen LogP contribution in [-0.2, 0) is 7.05 Å². The van der Waals surface area contributed by atoms with E-state index in [0.29, 0.717) is 16.3 Å². The lowest BCUT2D eigenvalue weighted by atomic mass is 9.77. The second-order valence-corrected chi connectivity index (χ2v) is 10.2. The molecule has 1 spiro atoms. The average Bonchev–Trinajstić information content (AvgIpc) is 3.55. The number of benzene rings is 1. The maximum absolute atomic E-state index is 6.19. The fraction of sp³-hybridized carbons (Fsp3) is 0.594. The molecule has 3 aromatic rings. The van der Waals surface area contributed by atoms with E-state index in [4.69, 9.17) is 23.2 Å². The van der Waals surface area contributed by atoms with Gasteiger partial charge in [-0.05, 0) is 69.6 Å². The molecule has 5 rings (SSSR count). The molecule has 1 aliphatic carbocycles. The molecule has 5 nitrogen and oxygen atoms in total. The number of rotatable bonds is 2. The fourth-order valence-corrected chi connectivity index (χ4v) is 5.75. The molecule has 0 radical (unpaired) electrons. The quantitative estimate of drug-likeness (QED) is 0.305. The van der Waals surface area contributed by atoms with Crippen LogP contribution in [0.1, 0.15) is 103 Å². The molecular weight excluding hydrogens is 525 g/mol. The summed E-state index contributed by atoms with van der Waals surface area (Å²) in [6, 6.07) is 4.00. The van der Waals surface area contributed by atoms with Crippen molar-refractivity contribution in [1.29, 1.82) is 0 Å². The zero-order valence-corrected chi connectivity index (χ0v) is 27.6. The molecule has 1 aromatic carbocycles. The summed E-state index contributed by atoms with van der Waals surface area (Å²) in [6.07, 6.45) is 9.90. The first-order valence-electron chi connectivity index (χ1n) is 14.7. The third-order valence-electron chi connectivity index (χ3n) is 7.43. The molecule has 2 fully saturated rings. The summed E-state index contributed by atoms with van der Waals surface area (Å²) < 4.78 is 1.86. The van der Waals surface area contributed by atoms with Crippen LogP contribution in [-0.4, -0.2) is 32.8 Å². The highest BCUT2D eigenvalue weighted by Crippen LogP contribution is 2.46. The zero-order valence-electron chi connectivity index (χ0n) is 26.1. The van der Waals surface area contributed by atoms with Gasteiger partial charge in [0, 0.05) is 31.2 Å². The molecule has 2 aliphatic rings. The van der Waals surface area contributed by atoms with E-state index >= 15 is 0 Å². The van der Waals surface area contributed by atoms with Crippen molar-refractivity contribution in [2.45, 2.75) is 101 Å². The molecule has 7 heteroatoms. The van der Waals surface area contributed by atoms with Crippen LogP contribution >= 0.6 is 23.2 Å². The van der Waals surface area contributed by atoms with E-state index in [-0.39, 0.29) is 0 Å². The number of anilines is 1. The Hall–Kier alpha value is -2.11. The molecule has 2 aromatic heterocycles. The Morgan fingerprint density at radius 1 is 0.872 bits per heavy atom. The van der Waals surface area contributed by atoms with Gasteiger partial charge in [-0.1, -0.05) is 90.2 Å². The molecule has 0 amide bonds. The van der Waals surface area contributed by atoms with Crippen molar-refractivity contribution >= 4 is 46.0 Å². The SMILES string of the molecule is C=Cc1nc(C)c(N2CCC3(CCCC3)CC2)nc1Cl.CC.CC.CC.Cc1ccc2nn(C)c(C)c2c1Cl. The number of aromatic nitrogens is 4. The fourth-order valence-electron chi connectivity index (χ4n) is 5.25. The molecule has 39 heavy (non-hydrogen) atoms. The largest absolute Gasteiger partial charge is 0.355 e. The lowest BCUT2D eigenvalue weighted by molar-refractivity contribution is 0.226. The second kappa shape index (κ2) is 16.9. The van der Waals surface area contributed by atoms with E-state index in [0.717, 1.165) is 51.8 Å². The normalized spacial score (nSPS) is 15.1. The van der Waals surface area contributed by atoms with Crippen LogP contribution in [0.5, 0.6) is 0 Å². The minimum Gasteiger partial charge on any atom is -0.355 e. The van der Waals surface area contributed by atoms with Crippen molar-refractivity contribution in [2.75, 3.05) is 18.0 Å². The monoisotopic (exact) mass is 575 g/mol. The summed E-state index contributed by atoms with van der Waals surface area (Å²) in [4.78, 5) is 11.4. The van der Waals surface area contributed by atoms with Gasteiger partial charge in [-0.3, -0.25) is 4.68 Å². The zero-order chi connectivity index (χ0) is 29.8. The first kappa shape index (κ1) is 34.9. The van der Waals surface area contributed by atoms with Crippen LogP contribution < -0.4 is 4.90 Å². The Morgan fingerprint density at radius 2 is 1.44 bits per heavy atom. The van der Waals surface area contributed by atoms with Gasteiger partial charge < -0.3 is 4.90 Å². The van der Waals surface area contributed by atoms with E-state index in [1.54, 1.807) is 6.08 Å². The van der Waals surface area contributed by atoms with Crippen molar-refractivity contribution in [1.82, 2.24) is 19.7 Å². The van der Waals surface area contributed by atoms with Gasteiger partial charge in [-0.15, -0.1) is 0 Å². The number of halogens is 2. The number of piperidine rings is 1.